The standard InChI is InChI=1S/C27H22ClNO4/c1-16-14-22-20(15-21(16)28)25(30)23-24(18-6-4-3-5-7-18)29(27(31)26(23)33-22)13-12-17-8-10-19(32-2)11-9-17/h3-11,14-15,24H,12-13H2,1-2H3/t24-/m0/s1. The second kappa shape index (κ2) is 8.41. The third kappa shape index (κ3) is 3.68. The van der Waals surface area contributed by atoms with Crippen molar-refractivity contribution >= 4 is 28.5 Å². The number of hydrogen-bond donors (Lipinski definition) is 0. The third-order valence-electron chi connectivity index (χ3n) is 6.16. The molecule has 2 heterocycles. The van der Waals surface area contributed by atoms with Crippen molar-refractivity contribution in [2.24, 2.45) is 0 Å². The lowest BCUT2D eigenvalue weighted by molar-refractivity contribution is 0.0730. The summed E-state index contributed by atoms with van der Waals surface area (Å²) in [5, 5.41) is 0.877. The molecule has 0 radical (unpaired) electrons. The van der Waals surface area contributed by atoms with Gasteiger partial charge in [-0.3, -0.25) is 9.59 Å². The minimum absolute atomic E-state index is 0.109. The van der Waals surface area contributed by atoms with Crippen LogP contribution in [0, 0.1) is 6.92 Å². The molecule has 0 aliphatic carbocycles. The van der Waals surface area contributed by atoms with Crippen molar-refractivity contribution in [3.63, 3.8) is 0 Å². The molecule has 1 aliphatic heterocycles. The van der Waals surface area contributed by atoms with Crippen LogP contribution >= 0.6 is 11.6 Å². The summed E-state index contributed by atoms with van der Waals surface area (Å²) in [5.74, 6) is 0.609. The lowest BCUT2D eigenvalue weighted by Gasteiger charge is -2.25. The summed E-state index contributed by atoms with van der Waals surface area (Å²) in [6.07, 6.45) is 0.631. The van der Waals surface area contributed by atoms with Crippen LogP contribution in [0.25, 0.3) is 11.0 Å². The first-order valence-corrected chi connectivity index (χ1v) is 11.1. The fourth-order valence-electron chi connectivity index (χ4n) is 4.40. The van der Waals surface area contributed by atoms with E-state index in [0.29, 0.717) is 34.5 Å². The highest BCUT2D eigenvalue weighted by Crippen LogP contribution is 2.38. The van der Waals surface area contributed by atoms with Gasteiger partial charge >= 0.3 is 0 Å². The van der Waals surface area contributed by atoms with E-state index in [1.54, 1.807) is 24.1 Å². The minimum atomic E-state index is -0.521. The number of carbonyl (C=O) groups excluding carboxylic acids is 1. The van der Waals surface area contributed by atoms with Crippen LogP contribution in [-0.2, 0) is 6.42 Å². The summed E-state index contributed by atoms with van der Waals surface area (Å²) in [4.78, 5) is 28.8. The molecule has 3 aromatic carbocycles. The number of amides is 1. The van der Waals surface area contributed by atoms with Gasteiger partial charge in [0.15, 0.2) is 5.43 Å². The van der Waals surface area contributed by atoms with E-state index in [0.717, 1.165) is 22.4 Å². The van der Waals surface area contributed by atoms with E-state index in [1.165, 1.54) is 0 Å². The van der Waals surface area contributed by atoms with E-state index in [4.69, 9.17) is 20.8 Å². The molecule has 33 heavy (non-hydrogen) atoms. The second-order valence-electron chi connectivity index (χ2n) is 8.18. The first-order chi connectivity index (χ1) is 16.0. The molecule has 1 atom stereocenters. The lowest BCUT2D eigenvalue weighted by atomic mass is 9.98. The number of hydrogen-bond acceptors (Lipinski definition) is 4. The number of aryl methyl sites for hydroxylation is 1. The van der Waals surface area contributed by atoms with E-state index >= 15 is 0 Å². The van der Waals surface area contributed by atoms with Gasteiger partial charge in [-0.2, -0.15) is 0 Å². The summed E-state index contributed by atoms with van der Waals surface area (Å²) in [7, 11) is 1.63. The van der Waals surface area contributed by atoms with Crippen LogP contribution in [0.3, 0.4) is 0 Å². The largest absolute Gasteiger partial charge is 0.497 e. The Hall–Kier alpha value is -3.57. The Balaban J connectivity index is 1.60. The number of benzene rings is 3. The van der Waals surface area contributed by atoms with Gasteiger partial charge in [-0.1, -0.05) is 54.1 Å². The summed E-state index contributed by atoms with van der Waals surface area (Å²) in [6.45, 7) is 2.27. The highest BCUT2D eigenvalue weighted by Gasteiger charge is 2.42. The monoisotopic (exact) mass is 459 g/mol. The molecule has 0 unspecified atom stereocenters. The van der Waals surface area contributed by atoms with Crippen molar-refractivity contribution in [3.05, 3.63) is 110 Å². The fourth-order valence-corrected chi connectivity index (χ4v) is 4.56. The molecule has 5 rings (SSSR count). The maximum absolute atomic E-state index is 13.6. The third-order valence-corrected chi connectivity index (χ3v) is 6.57. The van der Waals surface area contributed by atoms with Crippen LogP contribution in [0.2, 0.25) is 5.02 Å². The van der Waals surface area contributed by atoms with E-state index in [9.17, 15) is 9.59 Å². The molecule has 1 amide bonds. The van der Waals surface area contributed by atoms with Crippen LogP contribution in [0.15, 0.2) is 75.9 Å². The molecule has 166 valence electrons. The molecule has 0 saturated heterocycles. The Kier molecular flexibility index (Phi) is 5.43. The molecule has 0 spiro atoms. The number of carbonyl (C=O) groups is 1. The quantitative estimate of drug-likeness (QED) is 0.392. The lowest BCUT2D eigenvalue weighted by Crippen LogP contribution is -2.31. The van der Waals surface area contributed by atoms with Crippen molar-refractivity contribution < 1.29 is 13.9 Å². The zero-order valence-electron chi connectivity index (χ0n) is 18.3. The Labute approximate surface area is 196 Å². The van der Waals surface area contributed by atoms with Crippen molar-refractivity contribution in [1.82, 2.24) is 4.90 Å². The molecule has 0 bridgehead atoms. The van der Waals surface area contributed by atoms with Gasteiger partial charge in [-0.25, -0.2) is 0 Å². The van der Waals surface area contributed by atoms with Crippen LogP contribution in [0.1, 0.15) is 38.9 Å². The minimum Gasteiger partial charge on any atom is -0.497 e. The van der Waals surface area contributed by atoms with E-state index in [-0.39, 0.29) is 17.1 Å². The topological polar surface area (TPSA) is 59.8 Å². The number of halogens is 1. The van der Waals surface area contributed by atoms with Gasteiger partial charge in [-0.05, 0) is 54.3 Å². The first-order valence-electron chi connectivity index (χ1n) is 10.7. The van der Waals surface area contributed by atoms with E-state index in [1.807, 2.05) is 61.5 Å². The predicted molar refractivity (Wildman–Crippen MR) is 128 cm³/mol. The van der Waals surface area contributed by atoms with Crippen molar-refractivity contribution in [2.45, 2.75) is 19.4 Å². The van der Waals surface area contributed by atoms with Crippen molar-refractivity contribution in [3.8, 4) is 5.75 Å². The first kappa shape index (κ1) is 21.3. The SMILES string of the molecule is COc1ccc(CCN2C(=O)c3oc4cc(C)c(Cl)cc4c(=O)c3[C@@H]2c2ccccc2)cc1. The smallest absolute Gasteiger partial charge is 0.290 e. The van der Waals surface area contributed by atoms with Crippen molar-refractivity contribution in [2.75, 3.05) is 13.7 Å². The average Bonchev–Trinajstić information content (AvgIpc) is 3.12. The Bertz CT molecular complexity index is 1410. The van der Waals surface area contributed by atoms with Gasteiger partial charge < -0.3 is 14.1 Å². The predicted octanol–water partition coefficient (Wildman–Crippen LogP) is 5.55. The second-order valence-corrected chi connectivity index (χ2v) is 8.59. The molecule has 0 fully saturated rings. The molecule has 5 nitrogen and oxygen atoms in total. The Morgan fingerprint density at radius 1 is 1.03 bits per heavy atom. The molecule has 4 aromatic rings. The van der Waals surface area contributed by atoms with Gasteiger partial charge in [-0.15, -0.1) is 0 Å². The Morgan fingerprint density at radius 3 is 2.45 bits per heavy atom. The van der Waals surface area contributed by atoms with Gasteiger partial charge in [0.25, 0.3) is 5.91 Å². The normalized spacial score (nSPS) is 15.2. The summed E-state index contributed by atoms with van der Waals surface area (Å²) in [6, 6.07) is 20.2. The van der Waals surface area contributed by atoms with Crippen LogP contribution in [0.4, 0.5) is 0 Å². The Morgan fingerprint density at radius 2 is 1.76 bits per heavy atom. The zero-order chi connectivity index (χ0) is 23.1. The number of methoxy groups -OCH3 is 1. The van der Waals surface area contributed by atoms with Gasteiger partial charge in [0.1, 0.15) is 11.3 Å². The van der Waals surface area contributed by atoms with Crippen LogP contribution in [-0.4, -0.2) is 24.5 Å². The summed E-state index contributed by atoms with van der Waals surface area (Å²) >= 11 is 6.29. The van der Waals surface area contributed by atoms with Crippen molar-refractivity contribution in [1.29, 1.82) is 0 Å². The maximum Gasteiger partial charge on any atom is 0.290 e. The van der Waals surface area contributed by atoms with Crippen LogP contribution < -0.4 is 10.2 Å². The molecular weight excluding hydrogens is 438 g/mol. The molecule has 1 aromatic heterocycles. The summed E-state index contributed by atoms with van der Waals surface area (Å²) < 4.78 is 11.3. The number of nitrogens with zero attached hydrogens (tertiary/aromatic N) is 1. The molecular formula is C27H22ClNO4. The maximum atomic E-state index is 13.6. The van der Waals surface area contributed by atoms with E-state index < -0.39 is 6.04 Å². The van der Waals surface area contributed by atoms with Gasteiger partial charge in [0.2, 0.25) is 5.76 Å². The fraction of sp³-hybridized carbons (Fsp3) is 0.185. The highest BCUT2D eigenvalue weighted by atomic mass is 35.5. The zero-order valence-corrected chi connectivity index (χ0v) is 19.1. The van der Waals surface area contributed by atoms with Gasteiger partial charge in [0.05, 0.1) is 24.1 Å². The van der Waals surface area contributed by atoms with E-state index in [2.05, 4.69) is 0 Å². The number of ether oxygens (including phenoxy) is 1. The van der Waals surface area contributed by atoms with Crippen LogP contribution in [0.5, 0.6) is 5.75 Å². The summed E-state index contributed by atoms with van der Waals surface area (Å²) in [5.41, 5.74) is 3.24. The molecule has 0 N–H and O–H groups in total. The molecule has 1 aliphatic rings. The number of fused-ring (bicyclic) bond motifs is 2. The average molecular weight is 460 g/mol. The number of rotatable bonds is 5. The molecule has 6 heteroatoms. The van der Waals surface area contributed by atoms with Gasteiger partial charge in [0, 0.05) is 11.6 Å². The molecule has 0 saturated carbocycles. The highest BCUT2D eigenvalue weighted by molar-refractivity contribution is 6.32.